The summed E-state index contributed by atoms with van der Waals surface area (Å²) in [5, 5.41) is 2.83. The van der Waals surface area contributed by atoms with Gasteiger partial charge in [-0.15, -0.1) is 0 Å². The monoisotopic (exact) mass is 275 g/mol. The van der Waals surface area contributed by atoms with Gasteiger partial charge in [-0.2, -0.15) is 0 Å². The second-order valence-corrected chi connectivity index (χ2v) is 5.63. The van der Waals surface area contributed by atoms with Crippen LogP contribution in [0.25, 0.3) is 0 Å². The van der Waals surface area contributed by atoms with E-state index >= 15 is 0 Å². The fourth-order valence-electron chi connectivity index (χ4n) is 2.08. The van der Waals surface area contributed by atoms with Crippen molar-refractivity contribution in [3.05, 3.63) is 29.8 Å². The van der Waals surface area contributed by atoms with Gasteiger partial charge in [-0.1, -0.05) is 12.1 Å². The van der Waals surface area contributed by atoms with Gasteiger partial charge in [0.2, 0.25) is 11.8 Å². The quantitative estimate of drug-likeness (QED) is 0.865. The second-order valence-electron chi connectivity index (χ2n) is 5.63. The minimum Gasteiger partial charge on any atom is -0.349 e. The maximum atomic E-state index is 12.0. The highest BCUT2D eigenvalue weighted by Crippen LogP contribution is 2.30. The van der Waals surface area contributed by atoms with Crippen molar-refractivity contribution in [2.45, 2.75) is 31.2 Å². The number of nitrogens with two attached hydrogens (primary N) is 1. The summed E-state index contributed by atoms with van der Waals surface area (Å²) in [6, 6.07) is 7.30. The Morgan fingerprint density at radius 2 is 1.85 bits per heavy atom. The highest BCUT2D eigenvalue weighted by Gasteiger charge is 2.40. The Morgan fingerprint density at radius 1 is 1.25 bits per heavy atom. The SMILES string of the molecule is CN(C)C(=O)Cc1ccc(NC(=O)C2(N)CCC2)cc1. The maximum absolute atomic E-state index is 12.0. The lowest BCUT2D eigenvalue weighted by Crippen LogP contribution is -2.56. The topological polar surface area (TPSA) is 75.4 Å². The van der Waals surface area contributed by atoms with Crippen LogP contribution < -0.4 is 11.1 Å². The fraction of sp³-hybridized carbons (Fsp3) is 0.467. The van der Waals surface area contributed by atoms with Crippen LogP contribution >= 0.6 is 0 Å². The number of likely N-dealkylation sites (N-methyl/N-ethyl adjacent to an activating group) is 1. The van der Waals surface area contributed by atoms with Crippen LogP contribution in [-0.2, 0) is 16.0 Å². The molecule has 20 heavy (non-hydrogen) atoms. The van der Waals surface area contributed by atoms with Crippen molar-refractivity contribution < 1.29 is 9.59 Å². The molecular formula is C15H21N3O2. The Hall–Kier alpha value is -1.88. The van der Waals surface area contributed by atoms with Crippen molar-refractivity contribution in [2.24, 2.45) is 5.73 Å². The van der Waals surface area contributed by atoms with Crippen LogP contribution in [-0.4, -0.2) is 36.3 Å². The third-order valence-electron chi connectivity index (χ3n) is 3.76. The molecule has 2 rings (SSSR count). The van der Waals surface area contributed by atoms with E-state index in [-0.39, 0.29) is 11.8 Å². The van der Waals surface area contributed by atoms with E-state index in [9.17, 15) is 9.59 Å². The zero-order chi connectivity index (χ0) is 14.8. The molecule has 0 heterocycles. The van der Waals surface area contributed by atoms with Gasteiger partial charge in [-0.25, -0.2) is 0 Å². The van der Waals surface area contributed by atoms with Gasteiger partial charge in [0.1, 0.15) is 0 Å². The lowest BCUT2D eigenvalue weighted by Gasteiger charge is -2.36. The van der Waals surface area contributed by atoms with Gasteiger partial charge in [0.15, 0.2) is 0 Å². The summed E-state index contributed by atoms with van der Waals surface area (Å²) in [6.45, 7) is 0. The summed E-state index contributed by atoms with van der Waals surface area (Å²) >= 11 is 0. The van der Waals surface area contributed by atoms with Crippen LogP contribution in [0.3, 0.4) is 0 Å². The van der Waals surface area contributed by atoms with E-state index in [0.29, 0.717) is 12.1 Å². The number of anilines is 1. The number of nitrogens with one attached hydrogen (secondary N) is 1. The van der Waals surface area contributed by atoms with Gasteiger partial charge >= 0.3 is 0 Å². The Balaban J connectivity index is 1.94. The summed E-state index contributed by atoms with van der Waals surface area (Å²) in [5.74, 6) is -0.0713. The van der Waals surface area contributed by atoms with E-state index in [0.717, 1.165) is 24.8 Å². The molecule has 0 spiro atoms. The van der Waals surface area contributed by atoms with Crippen LogP contribution in [0, 0.1) is 0 Å². The molecule has 5 heteroatoms. The van der Waals surface area contributed by atoms with E-state index in [1.165, 1.54) is 0 Å². The normalized spacial score (nSPS) is 16.1. The van der Waals surface area contributed by atoms with Crippen LogP contribution in [0.2, 0.25) is 0 Å². The molecule has 2 amide bonds. The van der Waals surface area contributed by atoms with Crippen LogP contribution in [0.4, 0.5) is 5.69 Å². The molecule has 1 aromatic carbocycles. The van der Waals surface area contributed by atoms with Gasteiger partial charge in [0.05, 0.1) is 12.0 Å². The van der Waals surface area contributed by atoms with Crippen molar-refractivity contribution in [2.75, 3.05) is 19.4 Å². The lowest BCUT2D eigenvalue weighted by atomic mass is 9.77. The molecule has 0 aliphatic heterocycles. The summed E-state index contributed by atoms with van der Waals surface area (Å²) in [6.07, 6.45) is 2.86. The molecule has 1 aliphatic carbocycles. The predicted molar refractivity (Wildman–Crippen MR) is 78.2 cm³/mol. The van der Waals surface area contributed by atoms with E-state index in [1.54, 1.807) is 31.1 Å². The van der Waals surface area contributed by atoms with Crippen molar-refractivity contribution in [1.82, 2.24) is 4.90 Å². The first kappa shape index (κ1) is 14.5. The van der Waals surface area contributed by atoms with Crippen molar-refractivity contribution >= 4 is 17.5 Å². The molecule has 0 aromatic heterocycles. The molecule has 0 atom stereocenters. The molecule has 1 aliphatic rings. The van der Waals surface area contributed by atoms with Gasteiger partial charge in [0.25, 0.3) is 0 Å². The lowest BCUT2D eigenvalue weighted by molar-refractivity contribution is -0.128. The van der Waals surface area contributed by atoms with Gasteiger partial charge < -0.3 is 16.0 Å². The number of carbonyl (C=O) groups is 2. The average molecular weight is 275 g/mol. The van der Waals surface area contributed by atoms with E-state index < -0.39 is 5.54 Å². The Bertz CT molecular complexity index is 504. The first-order valence-corrected chi connectivity index (χ1v) is 6.80. The van der Waals surface area contributed by atoms with Crippen molar-refractivity contribution in [3.8, 4) is 0 Å². The van der Waals surface area contributed by atoms with Crippen LogP contribution in [0.1, 0.15) is 24.8 Å². The number of hydrogen-bond acceptors (Lipinski definition) is 3. The van der Waals surface area contributed by atoms with Crippen molar-refractivity contribution in [1.29, 1.82) is 0 Å². The van der Waals surface area contributed by atoms with Gasteiger partial charge in [0, 0.05) is 19.8 Å². The largest absolute Gasteiger partial charge is 0.349 e. The molecule has 5 nitrogen and oxygen atoms in total. The average Bonchev–Trinajstić information content (AvgIpc) is 2.38. The van der Waals surface area contributed by atoms with Crippen LogP contribution in [0.15, 0.2) is 24.3 Å². The summed E-state index contributed by atoms with van der Waals surface area (Å²) in [4.78, 5) is 25.1. The number of hydrogen-bond donors (Lipinski definition) is 2. The van der Waals surface area contributed by atoms with Crippen molar-refractivity contribution in [3.63, 3.8) is 0 Å². The molecule has 1 aromatic rings. The third kappa shape index (κ3) is 3.17. The zero-order valence-electron chi connectivity index (χ0n) is 12.0. The molecular weight excluding hydrogens is 254 g/mol. The van der Waals surface area contributed by atoms with E-state index in [1.807, 2.05) is 12.1 Å². The first-order chi connectivity index (χ1) is 9.40. The summed E-state index contributed by atoms with van der Waals surface area (Å²) in [7, 11) is 3.46. The fourth-order valence-corrected chi connectivity index (χ4v) is 2.08. The molecule has 3 N–H and O–H groups in total. The number of benzene rings is 1. The smallest absolute Gasteiger partial charge is 0.244 e. The van der Waals surface area contributed by atoms with Gasteiger partial charge in [-0.05, 0) is 37.0 Å². The molecule has 0 unspecified atom stereocenters. The Kier molecular flexibility index (Phi) is 4.09. The zero-order valence-corrected chi connectivity index (χ0v) is 12.0. The minimum absolute atomic E-state index is 0.0529. The number of amides is 2. The predicted octanol–water partition coefficient (Wildman–Crippen LogP) is 1.14. The Labute approximate surface area is 119 Å². The van der Waals surface area contributed by atoms with Crippen LogP contribution in [0.5, 0.6) is 0 Å². The molecule has 108 valence electrons. The number of rotatable bonds is 4. The highest BCUT2D eigenvalue weighted by molar-refractivity contribution is 5.98. The minimum atomic E-state index is -0.695. The summed E-state index contributed by atoms with van der Waals surface area (Å²) < 4.78 is 0. The maximum Gasteiger partial charge on any atom is 0.244 e. The Morgan fingerprint density at radius 3 is 2.30 bits per heavy atom. The van der Waals surface area contributed by atoms with Gasteiger partial charge in [-0.3, -0.25) is 9.59 Å². The number of nitrogens with zero attached hydrogens (tertiary/aromatic N) is 1. The third-order valence-corrected chi connectivity index (χ3v) is 3.76. The molecule has 1 saturated carbocycles. The van der Waals surface area contributed by atoms with E-state index in [2.05, 4.69) is 5.32 Å². The second kappa shape index (κ2) is 5.63. The molecule has 0 radical (unpaired) electrons. The standard InChI is InChI=1S/C15H21N3O2/c1-18(2)13(19)10-11-4-6-12(7-5-11)17-14(20)15(16)8-3-9-15/h4-7H,3,8-10,16H2,1-2H3,(H,17,20). The molecule has 1 fully saturated rings. The first-order valence-electron chi connectivity index (χ1n) is 6.80. The van der Waals surface area contributed by atoms with E-state index in [4.69, 9.17) is 5.73 Å². The molecule has 0 bridgehead atoms. The summed E-state index contributed by atoms with van der Waals surface area (Å²) in [5.41, 5.74) is 6.91. The number of carbonyl (C=O) groups excluding carboxylic acids is 2. The highest BCUT2D eigenvalue weighted by atomic mass is 16.2. The molecule has 0 saturated heterocycles.